The van der Waals surface area contributed by atoms with E-state index in [-0.39, 0.29) is 29.4 Å². The van der Waals surface area contributed by atoms with E-state index in [2.05, 4.69) is 10.6 Å². The fourth-order valence-electron chi connectivity index (χ4n) is 2.73. The molecule has 6 nitrogen and oxygen atoms in total. The van der Waals surface area contributed by atoms with E-state index in [0.29, 0.717) is 26.2 Å². The summed E-state index contributed by atoms with van der Waals surface area (Å²) in [6.45, 7) is 9.21. The molecule has 2 amide bonds. The Hall–Kier alpha value is -1.14. The van der Waals surface area contributed by atoms with Crippen LogP contribution in [-0.4, -0.2) is 61.6 Å². The molecular formula is C15H27N3O3. The van der Waals surface area contributed by atoms with Crippen molar-refractivity contribution in [2.24, 2.45) is 5.41 Å². The van der Waals surface area contributed by atoms with Gasteiger partial charge in [-0.15, -0.1) is 0 Å². The molecule has 0 aromatic rings. The number of ether oxygens (including phenoxy) is 1. The third-order valence-electron chi connectivity index (χ3n) is 3.99. The molecule has 0 aromatic heterocycles. The predicted octanol–water partition coefficient (Wildman–Crippen LogP) is 0.128. The molecule has 2 fully saturated rings. The van der Waals surface area contributed by atoms with Crippen LogP contribution >= 0.6 is 0 Å². The van der Waals surface area contributed by atoms with E-state index >= 15 is 0 Å². The van der Waals surface area contributed by atoms with Gasteiger partial charge in [0.2, 0.25) is 5.91 Å². The fourth-order valence-corrected chi connectivity index (χ4v) is 2.73. The van der Waals surface area contributed by atoms with Gasteiger partial charge in [0, 0.05) is 37.6 Å². The Morgan fingerprint density at radius 1 is 1.24 bits per heavy atom. The van der Waals surface area contributed by atoms with E-state index in [1.165, 1.54) is 0 Å². The molecule has 0 saturated carbocycles. The van der Waals surface area contributed by atoms with Crippen molar-refractivity contribution in [2.45, 2.75) is 45.8 Å². The summed E-state index contributed by atoms with van der Waals surface area (Å²) in [5.74, 6) is 0.148. The number of piperidine rings is 1. The van der Waals surface area contributed by atoms with E-state index in [4.69, 9.17) is 4.74 Å². The number of amides is 2. The normalized spacial score (nSPS) is 24.7. The van der Waals surface area contributed by atoms with Crippen molar-refractivity contribution in [2.75, 3.05) is 32.8 Å². The SMILES string of the molecule is CC(C)(C)C(=O)N1CCC(NC(=O)C2CNCCO2)CC1. The Morgan fingerprint density at radius 2 is 1.90 bits per heavy atom. The van der Waals surface area contributed by atoms with Crippen LogP contribution in [-0.2, 0) is 14.3 Å². The first-order valence-corrected chi connectivity index (χ1v) is 7.80. The van der Waals surface area contributed by atoms with Crippen LogP contribution < -0.4 is 10.6 Å². The summed E-state index contributed by atoms with van der Waals surface area (Å²) in [5, 5.41) is 6.20. The van der Waals surface area contributed by atoms with Crippen molar-refractivity contribution < 1.29 is 14.3 Å². The second-order valence-electron chi connectivity index (χ2n) is 6.89. The molecule has 21 heavy (non-hydrogen) atoms. The summed E-state index contributed by atoms with van der Waals surface area (Å²) in [4.78, 5) is 26.2. The molecule has 0 aliphatic carbocycles. The molecule has 2 heterocycles. The van der Waals surface area contributed by atoms with Gasteiger partial charge in [0.1, 0.15) is 6.10 Å². The summed E-state index contributed by atoms with van der Waals surface area (Å²) < 4.78 is 5.45. The molecule has 6 heteroatoms. The van der Waals surface area contributed by atoms with Gasteiger partial charge in [-0.25, -0.2) is 0 Å². The van der Waals surface area contributed by atoms with E-state index in [1.807, 2.05) is 25.7 Å². The number of nitrogens with zero attached hydrogens (tertiary/aromatic N) is 1. The lowest BCUT2D eigenvalue weighted by atomic mass is 9.93. The van der Waals surface area contributed by atoms with Crippen molar-refractivity contribution in [3.63, 3.8) is 0 Å². The van der Waals surface area contributed by atoms with E-state index in [9.17, 15) is 9.59 Å². The molecule has 1 unspecified atom stereocenters. The van der Waals surface area contributed by atoms with Crippen LogP contribution in [0, 0.1) is 5.41 Å². The lowest BCUT2D eigenvalue weighted by Crippen LogP contribution is -2.53. The van der Waals surface area contributed by atoms with Gasteiger partial charge >= 0.3 is 0 Å². The summed E-state index contributed by atoms with van der Waals surface area (Å²) in [5.41, 5.74) is -0.336. The Kier molecular flexibility index (Phi) is 5.22. The van der Waals surface area contributed by atoms with E-state index in [0.717, 1.165) is 19.4 Å². The molecular weight excluding hydrogens is 270 g/mol. The minimum absolute atomic E-state index is 0.0391. The summed E-state index contributed by atoms with van der Waals surface area (Å²) in [6.07, 6.45) is 1.24. The highest BCUT2D eigenvalue weighted by Crippen LogP contribution is 2.21. The second kappa shape index (κ2) is 6.75. The zero-order valence-corrected chi connectivity index (χ0v) is 13.3. The number of carbonyl (C=O) groups excluding carboxylic acids is 2. The highest BCUT2D eigenvalue weighted by atomic mass is 16.5. The first-order chi connectivity index (χ1) is 9.88. The highest BCUT2D eigenvalue weighted by Gasteiger charge is 2.31. The number of rotatable bonds is 2. The summed E-state index contributed by atoms with van der Waals surface area (Å²) in [7, 11) is 0. The molecule has 2 N–H and O–H groups in total. The molecule has 2 rings (SSSR count). The minimum Gasteiger partial charge on any atom is -0.366 e. The first-order valence-electron chi connectivity index (χ1n) is 7.80. The molecule has 0 radical (unpaired) electrons. The highest BCUT2D eigenvalue weighted by molar-refractivity contribution is 5.82. The summed E-state index contributed by atoms with van der Waals surface area (Å²) in [6, 6.07) is 0.145. The maximum atomic E-state index is 12.2. The standard InChI is InChI=1S/C15H27N3O3/c1-15(2,3)14(20)18-7-4-11(5-8-18)17-13(19)12-10-16-6-9-21-12/h11-12,16H,4-10H2,1-3H3,(H,17,19). The maximum Gasteiger partial charge on any atom is 0.250 e. The zero-order chi connectivity index (χ0) is 15.5. The fraction of sp³-hybridized carbons (Fsp3) is 0.867. The Morgan fingerprint density at radius 3 is 2.43 bits per heavy atom. The van der Waals surface area contributed by atoms with Crippen LogP contribution in [0.3, 0.4) is 0 Å². The van der Waals surface area contributed by atoms with Gasteiger partial charge < -0.3 is 20.3 Å². The molecule has 0 bridgehead atoms. The van der Waals surface area contributed by atoms with Crippen molar-refractivity contribution in [3.8, 4) is 0 Å². The summed E-state index contributed by atoms with van der Waals surface area (Å²) >= 11 is 0. The monoisotopic (exact) mass is 297 g/mol. The Bertz CT molecular complexity index is 378. The van der Waals surface area contributed by atoms with Gasteiger partial charge in [-0.05, 0) is 12.8 Å². The quantitative estimate of drug-likeness (QED) is 0.760. The van der Waals surface area contributed by atoms with Crippen molar-refractivity contribution in [1.29, 1.82) is 0 Å². The van der Waals surface area contributed by atoms with E-state index < -0.39 is 0 Å². The van der Waals surface area contributed by atoms with Crippen LogP contribution in [0.2, 0.25) is 0 Å². The third kappa shape index (κ3) is 4.41. The Balaban J connectivity index is 1.76. The smallest absolute Gasteiger partial charge is 0.250 e. The average molecular weight is 297 g/mol. The number of morpholine rings is 1. The molecule has 2 aliphatic heterocycles. The maximum absolute atomic E-state index is 12.2. The number of carbonyl (C=O) groups is 2. The number of nitrogens with one attached hydrogen (secondary N) is 2. The van der Waals surface area contributed by atoms with Crippen LogP contribution in [0.4, 0.5) is 0 Å². The zero-order valence-electron chi connectivity index (χ0n) is 13.3. The van der Waals surface area contributed by atoms with Crippen molar-refractivity contribution in [1.82, 2.24) is 15.5 Å². The van der Waals surface area contributed by atoms with Gasteiger partial charge in [0.25, 0.3) is 5.91 Å². The van der Waals surface area contributed by atoms with Crippen LogP contribution in [0.15, 0.2) is 0 Å². The molecule has 0 aromatic carbocycles. The molecule has 120 valence electrons. The van der Waals surface area contributed by atoms with Gasteiger partial charge in [0.05, 0.1) is 6.61 Å². The lowest BCUT2D eigenvalue weighted by molar-refractivity contribution is -0.141. The largest absolute Gasteiger partial charge is 0.366 e. The number of hydrogen-bond donors (Lipinski definition) is 2. The van der Waals surface area contributed by atoms with Crippen LogP contribution in [0.25, 0.3) is 0 Å². The second-order valence-corrected chi connectivity index (χ2v) is 6.89. The number of hydrogen-bond acceptors (Lipinski definition) is 4. The van der Waals surface area contributed by atoms with Crippen molar-refractivity contribution in [3.05, 3.63) is 0 Å². The molecule has 1 atom stereocenters. The third-order valence-corrected chi connectivity index (χ3v) is 3.99. The first kappa shape index (κ1) is 16.2. The van der Waals surface area contributed by atoms with Crippen LogP contribution in [0.5, 0.6) is 0 Å². The van der Waals surface area contributed by atoms with Gasteiger partial charge in [0.15, 0.2) is 0 Å². The minimum atomic E-state index is -0.381. The lowest BCUT2D eigenvalue weighted by Gasteiger charge is -2.36. The average Bonchev–Trinajstić information content (AvgIpc) is 2.47. The Labute approximate surface area is 126 Å². The number of likely N-dealkylation sites (tertiary alicyclic amines) is 1. The van der Waals surface area contributed by atoms with Gasteiger partial charge in [-0.2, -0.15) is 0 Å². The van der Waals surface area contributed by atoms with E-state index in [1.54, 1.807) is 0 Å². The van der Waals surface area contributed by atoms with Crippen LogP contribution in [0.1, 0.15) is 33.6 Å². The topological polar surface area (TPSA) is 70.7 Å². The van der Waals surface area contributed by atoms with Gasteiger partial charge in [-0.3, -0.25) is 9.59 Å². The van der Waals surface area contributed by atoms with Crippen molar-refractivity contribution >= 4 is 11.8 Å². The molecule has 0 spiro atoms. The predicted molar refractivity (Wildman–Crippen MR) is 79.8 cm³/mol. The van der Waals surface area contributed by atoms with Gasteiger partial charge in [-0.1, -0.05) is 20.8 Å². The molecule has 2 aliphatic rings. The molecule has 2 saturated heterocycles.